The number of allylic oxidation sites excluding steroid dienone is 1. The maximum absolute atomic E-state index is 11.8. The van der Waals surface area contributed by atoms with Gasteiger partial charge < -0.3 is 134 Å². The second kappa shape index (κ2) is 23.4. The SMILES string of the molecule is C=C1C[C@@]23CCC4[C@@](C)(CCC[C@@]4(C)C(=C)O[C@@H]4OC(CO[C@H]5OC(CO)[C@@H](O)[C@H](O)C5O)[C@@H](O)[C@H](O)C4O)C2CC[C@]1(O[C@@H]1OC(CO)[C@@H](O)[C@H](O[C@@H]2OC(CO)[C@@H](O)[C@H](O)C2O)C1O[C@@H]1OC(CO)[C@@H](O)[C@H](O)C1O)C3. The first-order valence-corrected chi connectivity index (χ1v) is 27.0. The molecule has 0 aromatic carbocycles. The summed E-state index contributed by atoms with van der Waals surface area (Å²) in [6, 6.07) is 0. The molecular formula is C51H82O27. The van der Waals surface area contributed by atoms with Crippen molar-refractivity contribution in [2.75, 3.05) is 33.0 Å². The Bertz CT molecular complexity index is 2070. The number of aliphatic hydroxyl groups is 17. The maximum atomic E-state index is 11.8. The van der Waals surface area contributed by atoms with Gasteiger partial charge in [0.2, 0.25) is 6.29 Å². The van der Waals surface area contributed by atoms with Crippen molar-refractivity contribution in [1.82, 2.24) is 0 Å². The van der Waals surface area contributed by atoms with Gasteiger partial charge in [0, 0.05) is 5.41 Å². The van der Waals surface area contributed by atoms with Gasteiger partial charge in [-0.3, -0.25) is 0 Å². The maximum Gasteiger partial charge on any atom is 0.228 e. The molecule has 27 heteroatoms. The van der Waals surface area contributed by atoms with E-state index in [0.717, 1.165) is 12.8 Å². The van der Waals surface area contributed by atoms with Gasteiger partial charge in [-0.15, -0.1) is 0 Å². The molecule has 4 aliphatic carbocycles. The molecule has 0 aromatic heterocycles. The van der Waals surface area contributed by atoms with Crippen LogP contribution in [0.3, 0.4) is 0 Å². The monoisotopic (exact) mass is 1130 g/mol. The second-order valence-corrected chi connectivity index (χ2v) is 23.8. The third-order valence-electron chi connectivity index (χ3n) is 19.4. The molecule has 0 amide bonds. The molecule has 27 nitrogen and oxygen atoms in total. The number of hydrogen-bond acceptors (Lipinski definition) is 27. The van der Waals surface area contributed by atoms with E-state index < -0.39 is 203 Å². The van der Waals surface area contributed by atoms with Crippen LogP contribution in [0.1, 0.15) is 71.6 Å². The van der Waals surface area contributed by atoms with Crippen LogP contribution in [-0.4, -0.2) is 279 Å². The molecule has 5 aliphatic heterocycles. The predicted octanol–water partition coefficient (Wildman–Crippen LogP) is -6.30. The third-order valence-corrected chi connectivity index (χ3v) is 19.4. The lowest BCUT2D eigenvalue weighted by atomic mass is 9.40. The molecule has 78 heavy (non-hydrogen) atoms. The van der Waals surface area contributed by atoms with Crippen LogP contribution in [0.4, 0.5) is 0 Å². The molecule has 0 radical (unpaired) electrons. The van der Waals surface area contributed by atoms with E-state index in [1.54, 1.807) is 0 Å². The van der Waals surface area contributed by atoms with Crippen LogP contribution in [0.2, 0.25) is 0 Å². The fraction of sp³-hybridized carbons (Fsp3) is 0.922. The molecule has 5 heterocycles. The van der Waals surface area contributed by atoms with E-state index in [0.29, 0.717) is 50.5 Å². The molecule has 0 aromatic rings. The van der Waals surface area contributed by atoms with E-state index in [2.05, 4.69) is 20.1 Å². The second-order valence-electron chi connectivity index (χ2n) is 23.8. The largest absolute Gasteiger partial charge is 0.466 e. The van der Waals surface area contributed by atoms with Crippen molar-refractivity contribution in [3.8, 4) is 0 Å². The summed E-state index contributed by atoms with van der Waals surface area (Å²) in [6.07, 6.45) is -36.9. The minimum absolute atomic E-state index is 0.0455. The number of aliphatic hydroxyl groups excluding tert-OH is 17. The third kappa shape index (κ3) is 10.4. The minimum Gasteiger partial charge on any atom is -0.466 e. The lowest BCUT2D eigenvalue weighted by Gasteiger charge is -2.65. The van der Waals surface area contributed by atoms with E-state index in [1.165, 1.54) is 0 Å². The Morgan fingerprint density at radius 1 is 0.500 bits per heavy atom. The highest BCUT2D eigenvalue weighted by molar-refractivity contribution is 5.31. The molecule has 9 rings (SSSR count). The standard InChI is InChI=1S/C51H82O27/c1-19-12-50-10-6-26-48(3,20(2)70-44-38(66)36(64)31(59)25(75-44)17-69-43-37(65)33(61)28(56)21(13-52)71-43)8-5-9-49(26,4)27(50)7-11-51(19,18-50)78-47-42(77-46-40(68)35(63)30(58)23(15-54)73-46)41(32(60)24(16-55)74-47)76-45-39(67)34(62)29(57)22(14-53)72-45/h21-47,52-68H,1-2,5-18H2,3-4H3/t21?,22?,23?,24?,25?,26?,27?,28-,29-,30-,31-,32-,33+,34+,35+,36+,37?,38?,39?,40?,41+,42?,43+,44-,45+,46+,47+,48+,49-,50-,51+/m1/s1. The summed E-state index contributed by atoms with van der Waals surface area (Å²) in [6.45, 7) is 9.53. The normalized spacial score (nSPS) is 54.5. The van der Waals surface area contributed by atoms with Crippen LogP contribution in [-0.2, 0) is 47.4 Å². The molecule has 1 spiro atoms. The Hall–Kier alpha value is -1.76. The molecule has 448 valence electrons. The van der Waals surface area contributed by atoms with Crippen molar-refractivity contribution in [2.45, 2.75) is 231 Å². The summed E-state index contributed by atoms with van der Waals surface area (Å²) in [7, 11) is 0. The van der Waals surface area contributed by atoms with Crippen molar-refractivity contribution >= 4 is 0 Å². The zero-order valence-electron chi connectivity index (χ0n) is 43.6. The summed E-state index contributed by atoms with van der Waals surface area (Å²) < 4.78 is 60.5. The Morgan fingerprint density at radius 3 is 1.50 bits per heavy atom. The summed E-state index contributed by atoms with van der Waals surface area (Å²) in [5.74, 6) is 0.295. The van der Waals surface area contributed by atoms with Gasteiger partial charge in [0.15, 0.2) is 25.2 Å². The molecule has 5 saturated heterocycles. The van der Waals surface area contributed by atoms with Crippen LogP contribution in [0, 0.1) is 28.1 Å². The van der Waals surface area contributed by atoms with E-state index in [4.69, 9.17) is 47.4 Å². The highest BCUT2D eigenvalue weighted by Gasteiger charge is 2.69. The Kier molecular flexibility index (Phi) is 18.2. The highest BCUT2D eigenvalue weighted by atomic mass is 16.8. The van der Waals surface area contributed by atoms with Crippen LogP contribution in [0.5, 0.6) is 0 Å². The van der Waals surface area contributed by atoms with Gasteiger partial charge in [0.1, 0.15) is 122 Å². The van der Waals surface area contributed by atoms with Crippen LogP contribution in [0.15, 0.2) is 24.5 Å². The average Bonchev–Trinajstić information content (AvgIpc) is 3.54. The molecule has 9 aliphatic rings. The average molecular weight is 1130 g/mol. The molecule has 9 fully saturated rings. The van der Waals surface area contributed by atoms with E-state index >= 15 is 0 Å². The number of ether oxygens (including phenoxy) is 10. The van der Waals surface area contributed by atoms with E-state index in [9.17, 15) is 86.8 Å². The lowest BCUT2D eigenvalue weighted by molar-refractivity contribution is -0.400. The van der Waals surface area contributed by atoms with Crippen LogP contribution >= 0.6 is 0 Å². The zero-order chi connectivity index (χ0) is 56.7. The smallest absolute Gasteiger partial charge is 0.228 e. The quantitative estimate of drug-likeness (QED) is 0.0388. The van der Waals surface area contributed by atoms with Gasteiger partial charge in [-0.2, -0.15) is 0 Å². The number of rotatable bonds is 16. The molecular weight excluding hydrogens is 1040 g/mol. The van der Waals surface area contributed by atoms with E-state index in [1.807, 2.05) is 6.92 Å². The summed E-state index contributed by atoms with van der Waals surface area (Å²) in [5, 5.41) is 181. The molecule has 31 atom stereocenters. The van der Waals surface area contributed by atoms with Gasteiger partial charge >= 0.3 is 0 Å². The van der Waals surface area contributed by atoms with Crippen molar-refractivity contribution in [2.24, 2.45) is 28.1 Å². The Balaban J connectivity index is 0.933. The first-order valence-electron chi connectivity index (χ1n) is 27.0. The zero-order valence-corrected chi connectivity index (χ0v) is 43.6. The summed E-state index contributed by atoms with van der Waals surface area (Å²) in [5.41, 5.74) is -1.92. The van der Waals surface area contributed by atoms with Crippen LogP contribution < -0.4 is 0 Å². The molecule has 2 bridgehead atoms. The highest BCUT2D eigenvalue weighted by Crippen LogP contribution is 2.74. The van der Waals surface area contributed by atoms with Gasteiger partial charge in [0.05, 0.1) is 44.4 Å². The van der Waals surface area contributed by atoms with Gasteiger partial charge in [-0.05, 0) is 79.6 Å². The van der Waals surface area contributed by atoms with Crippen molar-refractivity contribution < 1.29 is 134 Å². The predicted molar refractivity (Wildman–Crippen MR) is 256 cm³/mol. The minimum atomic E-state index is -1.97. The summed E-state index contributed by atoms with van der Waals surface area (Å²) >= 11 is 0. The fourth-order valence-corrected chi connectivity index (χ4v) is 15.0. The molecule has 12 unspecified atom stereocenters. The van der Waals surface area contributed by atoms with Crippen molar-refractivity contribution in [3.63, 3.8) is 0 Å². The van der Waals surface area contributed by atoms with Gasteiger partial charge in [0.25, 0.3) is 0 Å². The Morgan fingerprint density at radius 2 is 0.949 bits per heavy atom. The first kappa shape index (κ1) is 60.8. The summed E-state index contributed by atoms with van der Waals surface area (Å²) in [4.78, 5) is 0. The molecule has 17 N–H and O–H groups in total. The van der Waals surface area contributed by atoms with E-state index in [-0.39, 0.29) is 23.0 Å². The fourth-order valence-electron chi connectivity index (χ4n) is 15.0. The van der Waals surface area contributed by atoms with Gasteiger partial charge in [-0.25, -0.2) is 0 Å². The lowest BCUT2D eigenvalue weighted by Crippen LogP contribution is -2.68. The molecule has 4 saturated carbocycles. The Labute approximate surface area is 449 Å². The van der Waals surface area contributed by atoms with Crippen molar-refractivity contribution in [3.05, 3.63) is 24.5 Å². The first-order chi connectivity index (χ1) is 36.8. The van der Waals surface area contributed by atoms with Crippen LogP contribution in [0.25, 0.3) is 0 Å². The number of fused-ring (bicyclic) bond motifs is 3. The number of hydrogen-bond donors (Lipinski definition) is 17. The van der Waals surface area contributed by atoms with Gasteiger partial charge in [-0.1, -0.05) is 33.4 Å². The topological polar surface area (TPSA) is 436 Å². The van der Waals surface area contributed by atoms with Crippen molar-refractivity contribution in [1.29, 1.82) is 0 Å².